The zero-order chi connectivity index (χ0) is 13.7. The monoisotopic (exact) mass is 273 g/mol. The first-order chi connectivity index (χ1) is 9.69. The van der Waals surface area contributed by atoms with Gasteiger partial charge in [0.1, 0.15) is 11.5 Å². The van der Waals surface area contributed by atoms with Crippen LogP contribution in [0.4, 0.5) is 0 Å². The van der Waals surface area contributed by atoms with E-state index in [2.05, 4.69) is 5.32 Å². The molecule has 3 N–H and O–H groups in total. The van der Waals surface area contributed by atoms with Gasteiger partial charge >= 0.3 is 0 Å². The molecule has 0 radical (unpaired) electrons. The van der Waals surface area contributed by atoms with Crippen molar-refractivity contribution in [1.82, 2.24) is 5.32 Å². The summed E-state index contributed by atoms with van der Waals surface area (Å²) in [4.78, 5) is 0. The lowest BCUT2D eigenvalue weighted by molar-refractivity contribution is -0.0143. The van der Waals surface area contributed by atoms with Crippen molar-refractivity contribution in [2.45, 2.75) is 44.7 Å². The van der Waals surface area contributed by atoms with Crippen molar-refractivity contribution < 1.29 is 10.2 Å². The first-order valence-electron chi connectivity index (χ1n) is 7.93. The van der Waals surface area contributed by atoms with Gasteiger partial charge in [0.25, 0.3) is 0 Å². The molecule has 0 atom stereocenters. The number of aromatic hydroxyl groups is 2. The lowest BCUT2D eigenvalue weighted by Gasteiger charge is -2.54. The predicted octanol–water partition coefficient (Wildman–Crippen LogP) is 3.01. The van der Waals surface area contributed by atoms with Crippen LogP contribution in [0.3, 0.4) is 0 Å². The Morgan fingerprint density at radius 2 is 1.60 bits per heavy atom. The summed E-state index contributed by atoms with van der Waals surface area (Å²) in [7, 11) is 0. The van der Waals surface area contributed by atoms with Crippen LogP contribution in [-0.2, 0) is 6.54 Å². The SMILES string of the molecule is Oc1ccc(O)c(CNC2C3CC4CC(C3)CC2C4)c1. The fraction of sp³-hybridized carbons (Fsp3) is 0.647. The van der Waals surface area contributed by atoms with Crippen LogP contribution in [0.15, 0.2) is 18.2 Å². The fourth-order valence-electron chi connectivity index (χ4n) is 5.20. The Bertz CT molecular complexity index is 486. The topological polar surface area (TPSA) is 52.5 Å². The zero-order valence-corrected chi connectivity index (χ0v) is 11.8. The molecule has 108 valence electrons. The Kier molecular flexibility index (Phi) is 2.92. The fourth-order valence-corrected chi connectivity index (χ4v) is 5.20. The molecule has 0 unspecified atom stereocenters. The molecule has 20 heavy (non-hydrogen) atoms. The molecule has 0 aromatic heterocycles. The highest BCUT2D eigenvalue weighted by atomic mass is 16.3. The van der Waals surface area contributed by atoms with Crippen LogP contribution in [0, 0.1) is 23.7 Å². The smallest absolute Gasteiger partial charge is 0.120 e. The number of hydrogen-bond donors (Lipinski definition) is 3. The third-order valence-electron chi connectivity index (χ3n) is 5.82. The highest BCUT2D eigenvalue weighted by Gasteiger charge is 2.47. The van der Waals surface area contributed by atoms with E-state index in [1.54, 1.807) is 12.1 Å². The maximum absolute atomic E-state index is 9.87. The number of hydrogen-bond acceptors (Lipinski definition) is 3. The maximum atomic E-state index is 9.87. The van der Waals surface area contributed by atoms with Crippen LogP contribution in [0.1, 0.15) is 37.7 Å². The van der Waals surface area contributed by atoms with Crippen molar-refractivity contribution in [1.29, 1.82) is 0 Å². The van der Waals surface area contributed by atoms with Gasteiger partial charge in [-0.25, -0.2) is 0 Å². The third-order valence-corrected chi connectivity index (χ3v) is 5.82. The van der Waals surface area contributed by atoms with Gasteiger partial charge in [-0.15, -0.1) is 0 Å². The molecule has 3 heteroatoms. The number of nitrogens with one attached hydrogen (secondary N) is 1. The molecule has 4 aliphatic carbocycles. The third kappa shape index (κ3) is 2.08. The Morgan fingerprint density at radius 1 is 0.950 bits per heavy atom. The normalized spacial score (nSPS) is 38.3. The van der Waals surface area contributed by atoms with E-state index in [-0.39, 0.29) is 11.5 Å². The van der Waals surface area contributed by atoms with Gasteiger partial charge in [-0.2, -0.15) is 0 Å². The summed E-state index contributed by atoms with van der Waals surface area (Å²) in [6.07, 6.45) is 7.08. The van der Waals surface area contributed by atoms with Gasteiger partial charge in [-0.3, -0.25) is 0 Å². The van der Waals surface area contributed by atoms with Crippen molar-refractivity contribution in [2.75, 3.05) is 0 Å². The van der Waals surface area contributed by atoms with E-state index in [0.717, 1.165) is 29.2 Å². The molecule has 0 spiro atoms. The Hall–Kier alpha value is -1.22. The second-order valence-corrected chi connectivity index (χ2v) is 7.15. The van der Waals surface area contributed by atoms with Crippen LogP contribution in [-0.4, -0.2) is 16.3 Å². The van der Waals surface area contributed by atoms with E-state index in [4.69, 9.17) is 0 Å². The molecular formula is C17H23NO2. The lowest BCUT2D eigenvalue weighted by Crippen LogP contribution is -2.54. The molecule has 4 bridgehead atoms. The highest BCUT2D eigenvalue weighted by Crippen LogP contribution is 2.53. The molecule has 5 rings (SSSR count). The van der Waals surface area contributed by atoms with Crippen LogP contribution in [0.2, 0.25) is 0 Å². The quantitative estimate of drug-likeness (QED) is 0.742. The summed E-state index contributed by atoms with van der Waals surface area (Å²) in [6, 6.07) is 5.38. The largest absolute Gasteiger partial charge is 0.508 e. The first kappa shape index (κ1) is 12.5. The molecule has 1 aromatic carbocycles. The van der Waals surface area contributed by atoms with Gasteiger partial charge in [0.15, 0.2) is 0 Å². The van der Waals surface area contributed by atoms with E-state index < -0.39 is 0 Å². The molecular weight excluding hydrogens is 250 g/mol. The summed E-state index contributed by atoms with van der Waals surface area (Å²) in [6.45, 7) is 0.660. The first-order valence-corrected chi connectivity index (χ1v) is 7.93. The van der Waals surface area contributed by atoms with Gasteiger partial charge in [0, 0.05) is 18.2 Å². The molecule has 4 fully saturated rings. The van der Waals surface area contributed by atoms with Gasteiger partial charge in [-0.1, -0.05) is 0 Å². The van der Waals surface area contributed by atoms with Gasteiger partial charge in [-0.05, 0) is 74.0 Å². The number of phenols is 2. The Balaban J connectivity index is 1.46. The van der Waals surface area contributed by atoms with Gasteiger partial charge < -0.3 is 15.5 Å². The summed E-state index contributed by atoms with van der Waals surface area (Å²) >= 11 is 0. The van der Waals surface area contributed by atoms with Crippen molar-refractivity contribution in [3.8, 4) is 11.5 Å². The molecule has 0 saturated heterocycles. The lowest BCUT2D eigenvalue weighted by atomic mass is 9.54. The van der Waals surface area contributed by atoms with Crippen molar-refractivity contribution in [3.05, 3.63) is 23.8 Å². The minimum atomic E-state index is 0.227. The van der Waals surface area contributed by atoms with Crippen LogP contribution in [0.25, 0.3) is 0 Å². The van der Waals surface area contributed by atoms with E-state index in [1.165, 1.54) is 38.2 Å². The zero-order valence-electron chi connectivity index (χ0n) is 11.8. The summed E-state index contributed by atoms with van der Waals surface area (Å²) < 4.78 is 0. The van der Waals surface area contributed by atoms with Crippen molar-refractivity contribution >= 4 is 0 Å². The molecule has 1 aromatic rings. The average molecular weight is 273 g/mol. The minimum Gasteiger partial charge on any atom is -0.508 e. The Labute approximate surface area is 120 Å². The summed E-state index contributed by atoms with van der Waals surface area (Å²) in [5.74, 6) is 4.16. The second kappa shape index (κ2) is 4.66. The minimum absolute atomic E-state index is 0.227. The molecule has 4 aliphatic rings. The molecule has 0 amide bonds. The van der Waals surface area contributed by atoms with Crippen LogP contribution in [0.5, 0.6) is 11.5 Å². The maximum Gasteiger partial charge on any atom is 0.120 e. The van der Waals surface area contributed by atoms with E-state index in [0.29, 0.717) is 12.6 Å². The van der Waals surface area contributed by atoms with Gasteiger partial charge in [0.05, 0.1) is 0 Å². The van der Waals surface area contributed by atoms with E-state index in [9.17, 15) is 10.2 Å². The van der Waals surface area contributed by atoms with Crippen molar-refractivity contribution in [3.63, 3.8) is 0 Å². The van der Waals surface area contributed by atoms with E-state index in [1.807, 2.05) is 0 Å². The Morgan fingerprint density at radius 3 is 2.25 bits per heavy atom. The molecule has 3 nitrogen and oxygen atoms in total. The predicted molar refractivity (Wildman–Crippen MR) is 77.4 cm³/mol. The standard InChI is InChI=1S/C17H23NO2/c19-15-1-2-16(20)14(8-15)9-18-17-12-4-10-3-11(6-12)7-13(17)5-10/h1-2,8,10-13,17-20H,3-7,9H2. The summed E-state index contributed by atoms with van der Waals surface area (Å²) in [5, 5.41) is 23.1. The summed E-state index contributed by atoms with van der Waals surface area (Å²) in [5.41, 5.74) is 0.804. The average Bonchev–Trinajstić information content (AvgIpc) is 2.41. The molecule has 0 heterocycles. The van der Waals surface area contributed by atoms with Gasteiger partial charge in [0.2, 0.25) is 0 Å². The highest BCUT2D eigenvalue weighted by molar-refractivity contribution is 5.38. The number of rotatable bonds is 3. The molecule has 0 aliphatic heterocycles. The molecule has 4 saturated carbocycles. The van der Waals surface area contributed by atoms with E-state index >= 15 is 0 Å². The number of phenolic OH excluding ortho intramolecular Hbond substituents is 2. The number of benzene rings is 1. The second-order valence-electron chi connectivity index (χ2n) is 7.15. The van der Waals surface area contributed by atoms with Crippen LogP contribution >= 0.6 is 0 Å². The van der Waals surface area contributed by atoms with Crippen LogP contribution < -0.4 is 5.32 Å². The van der Waals surface area contributed by atoms with Crippen molar-refractivity contribution in [2.24, 2.45) is 23.7 Å².